The van der Waals surface area contributed by atoms with Crippen molar-refractivity contribution in [2.45, 2.75) is 31.1 Å². The van der Waals surface area contributed by atoms with Gasteiger partial charge in [0.25, 0.3) is 5.91 Å². The molecule has 0 unspecified atom stereocenters. The Hall–Kier alpha value is -1.06. The number of hydrogen-bond donors (Lipinski definition) is 1. The maximum atomic E-state index is 12.3. The molecule has 1 amide bonds. The molecule has 1 heterocycles. The molecule has 3 rings (SSSR count). The van der Waals surface area contributed by atoms with E-state index in [9.17, 15) is 4.79 Å². The molecule has 0 atom stereocenters. The summed E-state index contributed by atoms with van der Waals surface area (Å²) in [5.74, 6) is 0.634. The van der Waals surface area contributed by atoms with E-state index in [1.807, 2.05) is 23.6 Å². The van der Waals surface area contributed by atoms with Crippen LogP contribution in [-0.4, -0.2) is 17.8 Å². The Morgan fingerprint density at radius 3 is 2.80 bits per heavy atom. The van der Waals surface area contributed by atoms with Gasteiger partial charge in [0.2, 0.25) is 0 Å². The van der Waals surface area contributed by atoms with Gasteiger partial charge in [0.05, 0.1) is 5.56 Å². The van der Waals surface area contributed by atoms with Crippen molar-refractivity contribution in [3.05, 3.63) is 35.2 Å². The number of carbonyl (C=O) groups excluding carboxylic acids is 1. The predicted molar refractivity (Wildman–Crippen MR) is 85.8 cm³/mol. The molecule has 2 nitrogen and oxygen atoms in total. The average Bonchev–Trinajstić information content (AvgIpc) is 2.90. The third kappa shape index (κ3) is 2.99. The zero-order valence-corrected chi connectivity index (χ0v) is 12.8. The predicted octanol–water partition coefficient (Wildman–Crippen LogP) is 4.43. The Morgan fingerprint density at radius 2 is 2.00 bits per heavy atom. The molecule has 0 aliphatic heterocycles. The van der Waals surface area contributed by atoms with Gasteiger partial charge in [0.15, 0.2) is 0 Å². The second-order valence-corrected chi connectivity index (χ2v) is 7.00. The van der Waals surface area contributed by atoms with E-state index in [2.05, 4.69) is 11.4 Å². The van der Waals surface area contributed by atoms with Gasteiger partial charge in [0.1, 0.15) is 0 Å². The third-order valence-corrected chi connectivity index (χ3v) is 5.45. The summed E-state index contributed by atoms with van der Waals surface area (Å²) >= 11 is 7.73. The fraction of sp³-hybridized carbons (Fsp3) is 0.438. The Kier molecular flexibility index (Phi) is 4.27. The molecule has 1 aromatic carbocycles. The van der Waals surface area contributed by atoms with Gasteiger partial charge in [-0.3, -0.25) is 4.79 Å². The van der Waals surface area contributed by atoms with E-state index in [1.54, 1.807) is 11.3 Å². The van der Waals surface area contributed by atoms with Crippen molar-refractivity contribution in [2.75, 3.05) is 6.54 Å². The number of rotatable bonds is 3. The van der Waals surface area contributed by atoms with E-state index >= 15 is 0 Å². The fourth-order valence-electron chi connectivity index (χ4n) is 2.81. The third-order valence-electron chi connectivity index (χ3n) is 4.05. The number of amides is 1. The van der Waals surface area contributed by atoms with Crippen molar-refractivity contribution in [1.29, 1.82) is 0 Å². The Morgan fingerprint density at radius 1 is 1.25 bits per heavy atom. The highest BCUT2D eigenvalue weighted by Crippen LogP contribution is 2.28. The zero-order chi connectivity index (χ0) is 13.9. The monoisotopic (exact) mass is 307 g/mol. The number of benzene rings is 1. The number of nitrogens with one attached hydrogen (secondary N) is 1. The molecule has 0 radical (unpaired) electrons. The Labute approximate surface area is 128 Å². The first-order valence-electron chi connectivity index (χ1n) is 7.12. The average molecular weight is 308 g/mol. The van der Waals surface area contributed by atoms with Crippen LogP contribution in [0.3, 0.4) is 0 Å². The van der Waals surface area contributed by atoms with Gasteiger partial charge in [0, 0.05) is 27.4 Å². The minimum atomic E-state index is 0.0513. The van der Waals surface area contributed by atoms with Crippen molar-refractivity contribution in [2.24, 2.45) is 5.92 Å². The van der Waals surface area contributed by atoms with Crippen molar-refractivity contribution < 1.29 is 4.79 Å². The van der Waals surface area contributed by atoms with Crippen molar-refractivity contribution in [3.8, 4) is 0 Å². The van der Waals surface area contributed by atoms with E-state index in [0.717, 1.165) is 43.2 Å². The topological polar surface area (TPSA) is 29.1 Å². The zero-order valence-electron chi connectivity index (χ0n) is 11.3. The summed E-state index contributed by atoms with van der Waals surface area (Å²) in [6, 6.07) is 8.05. The number of halogens is 1. The quantitative estimate of drug-likeness (QED) is 0.835. The first-order chi connectivity index (χ1) is 9.74. The molecule has 1 aliphatic rings. The molecule has 1 aromatic heterocycles. The van der Waals surface area contributed by atoms with Crippen LogP contribution in [-0.2, 0) is 0 Å². The number of hydrogen-bond acceptors (Lipinski definition) is 2. The van der Waals surface area contributed by atoms with Gasteiger partial charge < -0.3 is 5.32 Å². The summed E-state index contributed by atoms with van der Waals surface area (Å²) in [4.78, 5) is 12.3. The summed E-state index contributed by atoms with van der Waals surface area (Å²) in [5.41, 5.74) is 0.802. The Balaban J connectivity index is 1.62. The van der Waals surface area contributed by atoms with Gasteiger partial charge in [-0.2, -0.15) is 0 Å². The fourth-order valence-corrected chi connectivity index (χ4v) is 4.00. The van der Waals surface area contributed by atoms with Crippen molar-refractivity contribution >= 4 is 38.9 Å². The molecule has 1 fully saturated rings. The molecule has 0 saturated heterocycles. The highest BCUT2D eigenvalue weighted by Gasteiger charge is 2.20. The van der Waals surface area contributed by atoms with E-state index in [-0.39, 0.29) is 5.91 Å². The molecule has 1 aliphatic carbocycles. The van der Waals surface area contributed by atoms with Crippen LogP contribution in [0.5, 0.6) is 0 Å². The van der Waals surface area contributed by atoms with Gasteiger partial charge in [-0.05, 0) is 37.7 Å². The molecule has 1 N–H and O–H groups in total. The van der Waals surface area contributed by atoms with Crippen LogP contribution < -0.4 is 5.32 Å². The lowest BCUT2D eigenvalue weighted by atomic mass is 9.89. The maximum absolute atomic E-state index is 12.3. The number of alkyl halides is 1. The summed E-state index contributed by atoms with van der Waals surface area (Å²) in [6.45, 7) is 0.770. The maximum Gasteiger partial charge on any atom is 0.252 e. The largest absolute Gasteiger partial charge is 0.352 e. The molecule has 1 saturated carbocycles. The van der Waals surface area contributed by atoms with Crippen LogP contribution in [0.2, 0.25) is 0 Å². The van der Waals surface area contributed by atoms with Crippen LogP contribution in [0.1, 0.15) is 36.0 Å². The van der Waals surface area contributed by atoms with Gasteiger partial charge in [-0.25, -0.2) is 0 Å². The molecule has 2 aromatic rings. The highest BCUT2D eigenvalue weighted by molar-refractivity contribution is 7.17. The lowest BCUT2D eigenvalue weighted by Gasteiger charge is -2.24. The number of thiophene rings is 1. The molecule has 0 spiro atoms. The minimum Gasteiger partial charge on any atom is -0.352 e. The summed E-state index contributed by atoms with van der Waals surface area (Å²) in [6.07, 6.45) is 4.39. The van der Waals surface area contributed by atoms with Gasteiger partial charge in [-0.15, -0.1) is 22.9 Å². The van der Waals surface area contributed by atoms with Crippen molar-refractivity contribution in [3.63, 3.8) is 0 Å². The second kappa shape index (κ2) is 6.15. The normalized spacial score (nSPS) is 22.9. The summed E-state index contributed by atoms with van der Waals surface area (Å²) in [7, 11) is 0. The van der Waals surface area contributed by atoms with E-state index < -0.39 is 0 Å². The first kappa shape index (κ1) is 13.9. The van der Waals surface area contributed by atoms with Gasteiger partial charge >= 0.3 is 0 Å². The molecular formula is C16H18ClNOS. The smallest absolute Gasteiger partial charge is 0.252 e. The van der Waals surface area contributed by atoms with Crippen LogP contribution in [0, 0.1) is 5.92 Å². The number of fused-ring (bicyclic) bond motifs is 1. The lowest BCUT2D eigenvalue weighted by molar-refractivity contribution is 0.0946. The molecule has 4 heteroatoms. The van der Waals surface area contributed by atoms with Gasteiger partial charge in [-0.1, -0.05) is 18.2 Å². The molecular weight excluding hydrogens is 290 g/mol. The van der Waals surface area contributed by atoms with Crippen molar-refractivity contribution in [1.82, 2.24) is 5.32 Å². The molecule has 0 bridgehead atoms. The highest BCUT2D eigenvalue weighted by atomic mass is 35.5. The van der Waals surface area contributed by atoms with Crippen LogP contribution >= 0.6 is 22.9 Å². The molecule has 106 valence electrons. The number of carbonyl (C=O) groups is 1. The van der Waals surface area contributed by atoms with E-state index in [1.165, 1.54) is 4.70 Å². The Bertz CT molecular complexity index is 601. The van der Waals surface area contributed by atoms with Crippen LogP contribution in [0.15, 0.2) is 29.6 Å². The lowest BCUT2D eigenvalue weighted by Crippen LogP contribution is -2.31. The second-order valence-electron chi connectivity index (χ2n) is 5.47. The molecule has 20 heavy (non-hydrogen) atoms. The van der Waals surface area contributed by atoms with Crippen LogP contribution in [0.4, 0.5) is 0 Å². The summed E-state index contributed by atoms with van der Waals surface area (Å²) < 4.78 is 1.17. The minimum absolute atomic E-state index is 0.0513. The summed E-state index contributed by atoms with van der Waals surface area (Å²) in [5, 5.41) is 6.43. The first-order valence-corrected chi connectivity index (χ1v) is 8.44. The van der Waals surface area contributed by atoms with E-state index in [0.29, 0.717) is 11.3 Å². The van der Waals surface area contributed by atoms with E-state index in [4.69, 9.17) is 11.6 Å². The standard InChI is InChI=1S/C16H18ClNOS/c17-12-7-5-11(6-8-12)9-18-16(19)14-10-20-15-4-2-1-3-13(14)15/h1-4,10-12H,5-9H2,(H,18,19). The van der Waals surface area contributed by atoms with Crippen LogP contribution in [0.25, 0.3) is 10.1 Å². The SMILES string of the molecule is O=C(NCC1CCC(Cl)CC1)c1csc2ccccc12.